The van der Waals surface area contributed by atoms with Crippen LogP contribution in [0.3, 0.4) is 0 Å². The first kappa shape index (κ1) is 7.39. The van der Waals surface area contributed by atoms with E-state index in [9.17, 15) is 5.11 Å². The Balaban J connectivity index is 2.62. The fourth-order valence-electron chi connectivity index (χ4n) is 1.26. The first-order chi connectivity index (χ1) is 4.84. The van der Waals surface area contributed by atoms with Crippen LogP contribution >= 0.6 is 0 Å². The summed E-state index contributed by atoms with van der Waals surface area (Å²) in [6.07, 6.45) is 8.59. The van der Waals surface area contributed by atoms with Crippen LogP contribution in [0.4, 0.5) is 0 Å². The molecule has 0 unspecified atom stereocenters. The Bertz CT molecular complexity index is 166. The van der Waals surface area contributed by atoms with Crippen molar-refractivity contribution >= 4 is 0 Å². The Morgan fingerprint density at radius 3 is 2.90 bits per heavy atom. The lowest BCUT2D eigenvalue weighted by Crippen LogP contribution is -1.94. The van der Waals surface area contributed by atoms with E-state index in [0.717, 1.165) is 18.4 Å². The molecule has 0 radical (unpaired) electrons. The van der Waals surface area contributed by atoms with Gasteiger partial charge in [0, 0.05) is 0 Å². The third-order valence-corrected chi connectivity index (χ3v) is 1.89. The molecule has 0 saturated heterocycles. The maximum atomic E-state index is 9.28. The van der Waals surface area contributed by atoms with Crippen molar-refractivity contribution in [2.75, 3.05) is 0 Å². The van der Waals surface area contributed by atoms with Crippen molar-refractivity contribution in [3.05, 3.63) is 23.5 Å². The van der Waals surface area contributed by atoms with Gasteiger partial charge in [-0.05, 0) is 44.3 Å². The molecule has 0 aromatic heterocycles. The van der Waals surface area contributed by atoms with E-state index in [0.29, 0.717) is 5.76 Å². The summed E-state index contributed by atoms with van der Waals surface area (Å²) in [7, 11) is 0. The van der Waals surface area contributed by atoms with Gasteiger partial charge in [-0.25, -0.2) is 0 Å². The molecule has 1 rings (SSSR count). The average molecular weight is 138 g/mol. The lowest BCUT2D eigenvalue weighted by Gasteiger charge is -2.10. The first-order valence-corrected chi connectivity index (χ1v) is 3.89. The Morgan fingerprint density at radius 2 is 2.40 bits per heavy atom. The monoisotopic (exact) mass is 138 g/mol. The molecular formula is C9H14O. The van der Waals surface area contributed by atoms with Gasteiger partial charge in [0.25, 0.3) is 0 Å². The molecular weight excluding hydrogens is 124 g/mol. The fraction of sp³-hybridized carbons (Fsp3) is 0.556. The van der Waals surface area contributed by atoms with E-state index in [1.807, 2.05) is 6.92 Å². The minimum absolute atomic E-state index is 0.472. The summed E-state index contributed by atoms with van der Waals surface area (Å²) in [5.74, 6) is 0.472. The maximum absolute atomic E-state index is 9.28. The number of hydrogen-bond acceptors (Lipinski definition) is 1. The molecule has 0 aliphatic heterocycles. The Kier molecular flexibility index (Phi) is 2.55. The van der Waals surface area contributed by atoms with Crippen LogP contribution in [0.15, 0.2) is 23.5 Å². The molecule has 0 aromatic rings. The Hall–Kier alpha value is -0.720. The highest BCUT2D eigenvalue weighted by Crippen LogP contribution is 2.21. The van der Waals surface area contributed by atoms with E-state index in [1.54, 1.807) is 6.08 Å². The van der Waals surface area contributed by atoms with E-state index < -0.39 is 0 Å². The summed E-state index contributed by atoms with van der Waals surface area (Å²) in [5, 5.41) is 9.28. The summed E-state index contributed by atoms with van der Waals surface area (Å²) in [6, 6.07) is 0. The van der Waals surface area contributed by atoms with Crippen LogP contribution in [-0.4, -0.2) is 5.11 Å². The highest BCUT2D eigenvalue weighted by Gasteiger charge is 2.05. The molecule has 0 saturated carbocycles. The van der Waals surface area contributed by atoms with Crippen molar-refractivity contribution in [2.45, 2.75) is 32.6 Å². The third-order valence-electron chi connectivity index (χ3n) is 1.89. The number of aliphatic hydroxyl groups is 1. The molecule has 0 heterocycles. The molecule has 0 atom stereocenters. The topological polar surface area (TPSA) is 20.2 Å². The van der Waals surface area contributed by atoms with E-state index in [2.05, 4.69) is 6.08 Å². The summed E-state index contributed by atoms with van der Waals surface area (Å²) in [6.45, 7) is 1.87. The van der Waals surface area contributed by atoms with Crippen molar-refractivity contribution in [2.24, 2.45) is 0 Å². The van der Waals surface area contributed by atoms with E-state index in [-0.39, 0.29) is 0 Å². The van der Waals surface area contributed by atoms with Crippen LogP contribution in [0, 0.1) is 0 Å². The average Bonchev–Trinajstić information content (AvgIpc) is 2.05. The van der Waals surface area contributed by atoms with E-state index in [4.69, 9.17) is 0 Å². The molecule has 0 fully saturated rings. The van der Waals surface area contributed by atoms with Crippen LogP contribution in [0.25, 0.3) is 0 Å². The molecule has 1 nitrogen and oxygen atoms in total. The van der Waals surface area contributed by atoms with Gasteiger partial charge in [-0.2, -0.15) is 0 Å². The number of aliphatic hydroxyl groups excluding tert-OH is 1. The summed E-state index contributed by atoms with van der Waals surface area (Å²) in [5.41, 5.74) is 1.13. The van der Waals surface area contributed by atoms with E-state index >= 15 is 0 Å². The van der Waals surface area contributed by atoms with Crippen LogP contribution in [0.5, 0.6) is 0 Å². The normalized spacial score (nSPS) is 20.5. The second-order valence-electron chi connectivity index (χ2n) is 2.65. The van der Waals surface area contributed by atoms with Crippen molar-refractivity contribution in [3.8, 4) is 0 Å². The highest BCUT2D eigenvalue weighted by molar-refractivity contribution is 5.25. The molecule has 0 amide bonds. The van der Waals surface area contributed by atoms with Gasteiger partial charge in [0.1, 0.15) is 5.76 Å². The van der Waals surface area contributed by atoms with Crippen molar-refractivity contribution < 1.29 is 5.11 Å². The summed E-state index contributed by atoms with van der Waals surface area (Å²) < 4.78 is 0. The van der Waals surface area contributed by atoms with Gasteiger partial charge in [-0.3, -0.25) is 0 Å². The second kappa shape index (κ2) is 3.45. The van der Waals surface area contributed by atoms with Crippen LogP contribution in [0.2, 0.25) is 0 Å². The predicted octanol–water partition coefficient (Wildman–Crippen LogP) is 2.95. The van der Waals surface area contributed by atoms with Crippen molar-refractivity contribution in [3.63, 3.8) is 0 Å². The maximum Gasteiger partial charge on any atom is 0.114 e. The quantitative estimate of drug-likeness (QED) is 0.552. The summed E-state index contributed by atoms with van der Waals surface area (Å²) >= 11 is 0. The minimum Gasteiger partial charge on any atom is -0.508 e. The molecule has 0 bridgehead atoms. The second-order valence-corrected chi connectivity index (χ2v) is 2.65. The molecule has 0 aromatic carbocycles. The molecule has 1 aliphatic carbocycles. The number of hydrogen-bond donors (Lipinski definition) is 1. The molecule has 1 N–H and O–H groups in total. The van der Waals surface area contributed by atoms with Crippen LogP contribution < -0.4 is 0 Å². The van der Waals surface area contributed by atoms with Crippen LogP contribution in [-0.2, 0) is 0 Å². The van der Waals surface area contributed by atoms with Crippen molar-refractivity contribution in [1.82, 2.24) is 0 Å². The lowest BCUT2D eigenvalue weighted by molar-refractivity contribution is 0.413. The molecule has 0 spiro atoms. The lowest BCUT2D eigenvalue weighted by atomic mass is 9.98. The van der Waals surface area contributed by atoms with Crippen LogP contribution in [0.1, 0.15) is 32.6 Å². The fourth-order valence-corrected chi connectivity index (χ4v) is 1.26. The van der Waals surface area contributed by atoms with Gasteiger partial charge in [0.15, 0.2) is 0 Å². The van der Waals surface area contributed by atoms with Gasteiger partial charge in [0.05, 0.1) is 0 Å². The Labute approximate surface area is 62.1 Å². The van der Waals surface area contributed by atoms with Gasteiger partial charge in [-0.15, -0.1) is 0 Å². The predicted molar refractivity (Wildman–Crippen MR) is 42.9 cm³/mol. The zero-order valence-corrected chi connectivity index (χ0v) is 6.43. The SMILES string of the molecule is C/C=C(\O)C1=CCCCC1. The largest absolute Gasteiger partial charge is 0.508 e. The number of rotatable bonds is 1. The molecule has 1 heteroatoms. The van der Waals surface area contributed by atoms with Gasteiger partial charge in [0.2, 0.25) is 0 Å². The molecule has 1 aliphatic rings. The zero-order chi connectivity index (χ0) is 7.40. The standard InChI is InChI=1S/C9H14O/c1-2-9(10)8-6-4-3-5-7-8/h2,6,10H,3-5,7H2,1H3/b9-2-. The van der Waals surface area contributed by atoms with Gasteiger partial charge >= 0.3 is 0 Å². The Morgan fingerprint density at radius 1 is 1.60 bits per heavy atom. The molecule has 56 valence electrons. The first-order valence-electron chi connectivity index (χ1n) is 3.89. The smallest absolute Gasteiger partial charge is 0.114 e. The van der Waals surface area contributed by atoms with Gasteiger partial charge in [-0.1, -0.05) is 6.08 Å². The minimum atomic E-state index is 0.472. The summed E-state index contributed by atoms with van der Waals surface area (Å²) in [4.78, 5) is 0. The third kappa shape index (κ3) is 1.63. The molecule has 10 heavy (non-hydrogen) atoms. The number of allylic oxidation sites excluding steroid dienone is 3. The van der Waals surface area contributed by atoms with Crippen molar-refractivity contribution in [1.29, 1.82) is 0 Å². The highest BCUT2D eigenvalue weighted by atomic mass is 16.3. The zero-order valence-electron chi connectivity index (χ0n) is 6.43. The van der Waals surface area contributed by atoms with E-state index in [1.165, 1.54) is 12.8 Å². The van der Waals surface area contributed by atoms with Gasteiger partial charge < -0.3 is 5.11 Å².